The van der Waals surface area contributed by atoms with Gasteiger partial charge in [0.15, 0.2) is 72.9 Å². The van der Waals surface area contributed by atoms with Gasteiger partial charge in [0.2, 0.25) is 0 Å². The number of benzene rings is 4. The number of hydrogen-bond donors (Lipinski definition) is 2. The van der Waals surface area contributed by atoms with Crippen molar-refractivity contribution in [1.29, 1.82) is 0 Å². The lowest BCUT2D eigenvalue weighted by Crippen LogP contribution is -3.00. The molecule has 13 rings (SSSR count). The molecule has 2 aliphatic heterocycles. The molecular weight excluding hydrogens is 1350 g/mol. The van der Waals surface area contributed by atoms with Crippen LogP contribution in [0.1, 0.15) is 0 Å². The lowest BCUT2D eigenvalue weighted by molar-refractivity contribution is -0.671. The maximum atomic E-state index is 5.49. The Bertz CT molecular complexity index is 3800. The molecule has 11 aromatic rings. The van der Waals surface area contributed by atoms with Gasteiger partial charge in [-0.25, -0.2) is 48.2 Å². The SMILES string of the molecule is C[n+]1ccc(-c2cccc3c2-c2nc-3nc3[nH]c(nc4nc(nc5[nH]c(n2)c2cccc(-c6cc[n+](C)cc6)c52)-c2cccc(-c5cc[n+](C)cc5)c2-4)c2cccc(-c4cc[n+](C)cc4)c32)cc1.[I-].[I-].[I-].[I-]. The van der Waals surface area contributed by atoms with Crippen molar-refractivity contribution in [3.63, 3.8) is 0 Å². The van der Waals surface area contributed by atoms with E-state index in [9.17, 15) is 0 Å². The largest absolute Gasteiger partial charge is 1.00 e. The van der Waals surface area contributed by atoms with Crippen LogP contribution in [0.5, 0.6) is 0 Å². The molecule has 0 atom stereocenters. The van der Waals surface area contributed by atoms with Gasteiger partial charge in [0.1, 0.15) is 50.8 Å². The number of rotatable bonds is 4. The molecule has 354 valence electrons. The van der Waals surface area contributed by atoms with Crippen molar-refractivity contribution >= 4 is 44.1 Å². The average molecular weight is 1390 g/mol. The number of aryl methyl sites for hydroxylation is 4. The summed E-state index contributed by atoms with van der Waals surface area (Å²) < 4.78 is 8.13. The highest BCUT2D eigenvalue weighted by Gasteiger charge is 2.27. The number of nitrogens with one attached hydrogen (secondary N) is 2. The van der Waals surface area contributed by atoms with Gasteiger partial charge in [0, 0.05) is 92.3 Å². The third kappa shape index (κ3) is 8.71. The number of nitrogens with zero attached hydrogens (tertiary/aromatic N) is 10. The van der Waals surface area contributed by atoms with Crippen LogP contribution < -0.4 is 114 Å². The van der Waals surface area contributed by atoms with Crippen molar-refractivity contribution in [1.82, 2.24) is 39.9 Å². The van der Waals surface area contributed by atoms with E-state index in [1.807, 2.05) is 46.5 Å². The van der Waals surface area contributed by atoms with Gasteiger partial charge in [-0.2, -0.15) is 0 Å². The molecule has 0 aliphatic carbocycles. The van der Waals surface area contributed by atoms with E-state index in [2.05, 4.69) is 181 Å². The number of H-pyrrole nitrogens is 2. The molecule has 12 nitrogen and oxygen atoms in total. The van der Waals surface area contributed by atoms with Crippen molar-refractivity contribution in [3.05, 3.63) is 171 Å². The number of hydrogen-bond acceptors (Lipinski definition) is 6. The van der Waals surface area contributed by atoms with Gasteiger partial charge in [0.05, 0.1) is 0 Å². The topological polar surface area (TPSA) is 124 Å². The molecule has 2 aliphatic rings. The summed E-state index contributed by atoms with van der Waals surface area (Å²) in [5.41, 5.74) is 14.2. The fraction of sp³-hybridized carbons (Fsp3) is 0.0714. The fourth-order valence-electron chi connectivity index (χ4n) is 9.67. The predicted octanol–water partition coefficient (Wildman–Crippen LogP) is -3.15. The first-order valence-corrected chi connectivity index (χ1v) is 22.5. The summed E-state index contributed by atoms with van der Waals surface area (Å²) in [6, 6.07) is 42.2. The van der Waals surface area contributed by atoms with Crippen LogP contribution in [0, 0.1) is 0 Å². The zero-order valence-corrected chi connectivity index (χ0v) is 47.8. The van der Waals surface area contributed by atoms with Crippen LogP contribution in [-0.4, -0.2) is 39.9 Å². The second-order valence-corrected chi connectivity index (χ2v) is 17.5. The van der Waals surface area contributed by atoms with Crippen molar-refractivity contribution in [2.24, 2.45) is 28.2 Å². The van der Waals surface area contributed by atoms with Gasteiger partial charge in [0.25, 0.3) is 0 Å². The zero-order chi connectivity index (χ0) is 45.6. The summed E-state index contributed by atoms with van der Waals surface area (Å²) in [6.07, 6.45) is 16.5. The maximum Gasteiger partial charge on any atom is 0.169 e. The van der Waals surface area contributed by atoms with Crippen LogP contribution in [0.15, 0.2) is 171 Å². The summed E-state index contributed by atoms with van der Waals surface area (Å²) >= 11 is 0. The summed E-state index contributed by atoms with van der Waals surface area (Å²) in [5, 5.41) is 3.64. The Labute approximate surface area is 482 Å². The van der Waals surface area contributed by atoms with E-state index in [-0.39, 0.29) is 95.9 Å². The first kappa shape index (κ1) is 50.7. The van der Waals surface area contributed by atoms with Crippen molar-refractivity contribution in [3.8, 4) is 90.1 Å². The number of aromatic amines is 2. The van der Waals surface area contributed by atoms with Crippen LogP contribution >= 0.6 is 0 Å². The number of aromatic nitrogens is 12. The first-order chi connectivity index (χ1) is 33.3. The van der Waals surface area contributed by atoms with Crippen LogP contribution in [-0.2, 0) is 28.2 Å². The Morgan fingerprint density at radius 2 is 0.569 bits per heavy atom. The summed E-state index contributed by atoms with van der Waals surface area (Å²) in [4.78, 5) is 40.1. The molecule has 72 heavy (non-hydrogen) atoms. The van der Waals surface area contributed by atoms with Gasteiger partial charge in [-0.15, -0.1) is 0 Å². The Kier molecular flexibility index (Phi) is 14.3. The molecule has 2 N–H and O–H groups in total. The van der Waals surface area contributed by atoms with E-state index < -0.39 is 0 Å². The molecule has 0 spiro atoms. The molecule has 7 aromatic heterocycles. The Morgan fingerprint density at radius 3 is 0.917 bits per heavy atom. The van der Waals surface area contributed by atoms with E-state index in [0.29, 0.717) is 45.9 Å². The minimum atomic E-state index is 0. The van der Waals surface area contributed by atoms with E-state index in [0.717, 1.165) is 88.3 Å². The molecular formula is C56H42I4N12. The second kappa shape index (κ2) is 20.3. The molecule has 0 fully saturated rings. The molecule has 0 unspecified atom stereocenters. The normalized spacial score (nSPS) is 11.2. The molecule has 0 saturated heterocycles. The standard InChI is InChI=1S/C56H41N12.4HI/c1-65-25-17-33(18-26-65)37-9-5-13-41-45(37)53-57-49(41)62-54-47-39(35-21-29-67(3)30-22-35)11-7-15-43(47)51(59-54)64-56-48-40(36-23-31-68(4)32-24-36)12-8-16-44(48)52(60-56)63-55-46-38(34-19-27-66(2)28-20-34)10-6-14-42(46)50(58-55)61-53;;;;/h5-32H,1-4H3,(H,57,58,59,60,61,62,63,64);4*1H/q+3;;;;/p-3. The van der Waals surface area contributed by atoms with Crippen LogP contribution in [0.25, 0.3) is 134 Å². The van der Waals surface area contributed by atoms with E-state index in [4.69, 9.17) is 29.9 Å². The summed E-state index contributed by atoms with van der Waals surface area (Å²) in [7, 11) is 8.09. The number of fused-ring (bicyclic) bond motifs is 20. The number of halogens is 4. The van der Waals surface area contributed by atoms with Crippen LogP contribution in [0.3, 0.4) is 0 Å². The van der Waals surface area contributed by atoms with Gasteiger partial charge in [-0.3, -0.25) is 0 Å². The fourth-order valence-corrected chi connectivity index (χ4v) is 9.67. The van der Waals surface area contributed by atoms with E-state index in [1.54, 1.807) is 0 Å². The Morgan fingerprint density at radius 1 is 0.292 bits per heavy atom. The highest BCUT2D eigenvalue weighted by molar-refractivity contribution is 6.14. The minimum absolute atomic E-state index is 0. The van der Waals surface area contributed by atoms with Gasteiger partial charge in [-0.05, 0) is 44.5 Å². The van der Waals surface area contributed by atoms with Crippen molar-refractivity contribution in [2.45, 2.75) is 0 Å². The molecule has 0 radical (unpaired) electrons. The monoisotopic (exact) mass is 1390 g/mol. The van der Waals surface area contributed by atoms with Gasteiger partial charge in [-0.1, -0.05) is 72.8 Å². The predicted molar refractivity (Wildman–Crippen MR) is 263 cm³/mol. The van der Waals surface area contributed by atoms with Gasteiger partial charge >= 0.3 is 0 Å². The molecule has 0 saturated carbocycles. The quantitative estimate of drug-likeness (QED) is 0.142. The Hall–Kier alpha value is -6.24. The second-order valence-electron chi connectivity index (χ2n) is 17.5. The third-order valence-electron chi connectivity index (χ3n) is 13.1. The molecule has 0 amide bonds. The molecule has 4 aromatic carbocycles. The van der Waals surface area contributed by atoms with E-state index >= 15 is 0 Å². The Balaban J connectivity index is 0.00000160. The van der Waals surface area contributed by atoms with Crippen molar-refractivity contribution < 1.29 is 114 Å². The summed E-state index contributed by atoms with van der Waals surface area (Å²) in [6.45, 7) is 0. The van der Waals surface area contributed by atoms with E-state index in [1.165, 1.54) is 0 Å². The molecule has 16 heteroatoms. The number of pyridine rings is 4. The summed E-state index contributed by atoms with van der Waals surface area (Å²) in [5.74, 6) is 2.15. The van der Waals surface area contributed by atoms with Crippen LogP contribution in [0.4, 0.5) is 0 Å². The van der Waals surface area contributed by atoms with Crippen LogP contribution in [0.2, 0.25) is 0 Å². The highest BCUT2D eigenvalue weighted by atomic mass is 127. The molecule has 8 bridgehead atoms. The minimum Gasteiger partial charge on any atom is -1.00 e. The smallest absolute Gasteiger partial charge is 0.169 e. The van der Waals surface area contributed by atoms with Gasteiger partial charge < -0.3 is 106 Å². The highest BCUT2D eigenvalue weighted by Crippen LogP contribution is 2.44. The van der Waals surface area contributed by atoms with Crippen molar-refractivity contribution in [2.75, 3.05) is 0 Å². The zero-order valence-electron chi connectivity index (χ0n) is 39.1. The average Bonchev–Trinajstić information content (AvgIpc) is 4.11. The molecule has 9 heterocycles. The maximum absolute atomic E-state index is 5.49. The lowest BCUT2D eigenvalue weighted by atomic mass is 9.96. The first-order valence-electron chi connectivity index (χ1n) is 22.5. The lowest BCUT2D eigenvalue weighted by Gasteiger charge is -2.07. The third-order valence-corrected chi connectivity index (χ3v) is 13.1.